The highest BCUT2D eigenvalue weighted by molar-refractivity contribution is 5.91. The summed E-state index contributed by atoms with van der Waals surface area (Å²) in [4.78, 5) is 26.4. The van der Waals surface area contributed by atoms with Crippen LogP contribution in [-0.4, -0.2) is 41.4 Å². The first-order chi connectivity index (χ1) is 14.2. The van der Waals surface area contributed by atoms with Gasteiger partial charge >= 0.3 is 6.09 Å². The monoisotopic (exact) mass is 416 g/mol. The van der Waals surface area contributed by atoms with Crippen LogP contribution in [0.2, 0.25) is 0 Å². The summed E-state index contributed by atoms with van der Waals surface area (Å²) in [6, 6.07) is 5.59. The fourth-order valence-corrected chi connectivity index (χ4v) is 4.41. The maximum atomic E-state index is 12.5. The molecule has 2 amide bonds. The van der Waals surface area contributed by atoms with E-state index in [-0.39, 0.29) is 17.9 Å². The molecule has 30 heavy (non-hydrogen) atoms. The molecular formula is C23H32N2O5. The Morgan fingerprint density at radius 2 is 1.80 bits per heavy atom. The molecule has 1 saturated heterocycles. The van der Waals surface area contributed by atoms with E-state index >= 15 is 0 Å². The number of benzene rings is 1. The molecule has 1 aromatic rings. The zero-order valence-electron chi connectivity index (χ0n) is 18.2. The molecule has 0 unspecified atom stereocenters. The maximum Gasteiger partial charge on any atom is 0.410 e. The summed E-state index contributed by atoms with van der Waals surface area (Å²) >= 11 is 0. The molecule has 1 aromatic carbocycles. The lowest BCUT2D eigenvalue weighted by Gasteiger charge is -2.33. The first-order valence-corrected chi connectivity index (χ1v) is 11.0. The third kappa shape index (κ3) is 4.82. The van der Waals surface area contributed by atoms with Gasteiger partial charge in [0.15, 0.2) is 11.5 Å². The van der Waals surface area contributed by atoms with Gasteiger partial charge in [0.2, 0.25) is 5.91 Å². The first kappa shape index (κ1) is 20.8. The summed E-state index contributed by atoms with van der Waals surface area (Å²) in [6.45, 7) is 6.85. The van der Waals surface area contributed by atoms with Crippen LogP contribution in [0.15, 0.2) is 18.2 Å². The van der Waals surface area contributed by atoms with Crippen molar-refractivity contribution < 1.29 is 23.8 Å². The van der Waals surface area contributed by atoms with Gasteiger partial charge in [0.25, 0.3) is 5.79 Å². The molecule has 2 aliphatic heterocycles. The molecule has 1 N–H and O–H groups in total. The lowest BCUT2D eigenvalue weighted by Crippen LogP contribution is -2.42. The summed E-state index contributed by atoms with van der Waals surface area (Å²) in [7, 11) is 0. The topological polar surface area (TPSA) is 77.1 Å². The molecule has 2 fully saturated rings. The van der Waals surface area contributed by atoms with Gasteiger partial charge in [0.05, 0.1) is 0 Å². The van der Waals surface area contributed by atoms with Gasteiger partial charge in [-0.1, -0.05) is 0 Å². The van der Waals surface area contributed by atoms with E-state index in [2.05, 4.69) is 5.32 Å². The normalized spacial score (nSPS) is 20.4. The summed E-state index contributed by atoms with van der Waals surface area (Å²) in [5.74, 6) is 1.22. The summed E-state index contributed by atoms with van der Waals surface area (Å²) in [6.07, 6.45) is 5.82. The molecule has 1 aliphatic carbocycles. The van der Waals surface area contributed by atoms with Crippen LogP contribution in [0.4, 0.5) is 10.5 Å². The Balaban J connectivity index is 1.25. The van der Waals surface area contributed by atoms with E-state index in [1.165, 1.54) is 0 Å². The third-order valence-corrected chi connectivity index (χ3v) is 5.93. The van der Waals surface area contributed by atoms with Crippen molar-refractivity contribution in [1.29, 1.82) is 0 Å². The minimum Gasteiger partial charge on any atom is -0.448 e. The Bertz CT molecular complexity index is 802. The van der Waals surface area contributed by atoms with Crippen molar-refractivity contribution in [1.82, 2.24) is 4.90 Å². The first-order valence-electron chi connectivity index (χ1n) is 11.0. The van der Waals surface area contributed by atoms with Crippen molar-refractivity contribution in [2.75, 3.05) is 18.4 Å². The number of ether oxygens (including phenoxy) is 3. The van der Waals surface area contributed by atoms with Gasteiger partial charge < -0.3 is 24.4 Å². The van der Waals surface area contributed by atoms with E-state index in [0.717, 1.165) is 50.0 Å². The van der Waals surface area contributed by atoms with Gasteiger partial charge in [-0.3, -0.25) is 4.79 Å². The van der Waals surface area contributed by atoms with E-state index in [1.54, 1.807) is 4.90 Å². The molecule has 1 saturated carbocycles. The molecule has 0 aromatic heterocycles. The van der Waals surface area contributed by atoms with Crippen LogP contribution in [0.5, 0.6) is 11.5 Å². The number of fused-ring (bicyclic) bond motifs is 1. The maximum absolute atomic E-state index is 12.5. The lowest BCUT2D eigenvalue weighted by atomic mass is 9.93. The van der Waals surface area contributed by atoms with E-state index < -0.39 is 11.4 Å². The van der Waals surface area contributed by atoms with Crippen molar-refractivity contribution in [3.05, 3.63) is 18.2 Å². The smallest absolute Gasteiger partial charge is 0.410 e. The van der Waals surface area contributed by atoms with E-state index in [1.807, 2.05) is 39.0 Å². The highest BCUT2D eigenvalue weighted by atomic mass is 16.7. The molecule has 4 rings (SSSR count). The Labute approximate surface area is 178 Å². The number of likely N-dealkylation sites (tertiary alicyclic amines) is 1. The van der Waals surface area contributed by atoms with Gasteiger partial charge in [-0.15, -0.1) is 0 Å². The summed E-state index contributed by atoms with van der Waals surface area (Å²) in [5.41, 5.74) is 0.235. The van der Waals surface area contributed by atoms with Crippen LogP contribution in [-0.2, 0) is 9.53 Å². The van der Waals surface area contributed by atoms with Crippen molar-refractivity contribution in [2.45, 2.75) is 77.1 Å². The highest BCUT2D eigenvalue weighted by Crippen LogP contribution is 2.47. The van der Waals surface area contributed by atoms with Crippen LogP contribution in [0.25, 0.3) is 0 Å². The van der Waals surface area contributed by atoms with Gasteiger partial charge in [-0.2, -0.15) is 0 Å². The molecule has 7 nitrogen and oxygen atoms in total. The molecular weight excluding hydrogens is 384 g/mol. The Hall–Kier alpha value is -2.44. The Morgan fingerprint density at radius 3 is 2.47 bits per heavy atom. The number of amides is 2. The largest absolute Gasteiger partial charge is 0.448 e. The van der Waals surface area contributed by atoms with E-state index in [4.69, 9.17) is 14.2 Å². The standard InChI is InChI=1S/C23H32N2O5/c1-22(2,3)30-21(27)25-12-8-16(9-13-25)14-20(26)24-17-6-7-18-19(15-17)29-23(28-18)10-4-5-11-23/h6-7,15-16H,4-5,8-14H2,1-3H3,(H,24,26). The molecule has 7 heteroatoms. The second-order valence-electron chi connectivity index (χ2n) is 9.65. The van der Waals surface area contributed by atoms with Gasteiger partial charge in [0, 0.05) is 44.1 Å². The molecule has 3 aliphatic rings. The zero-order valence-corrected chi connectivity index (χ0v) is 18.2. The predicted octanol–water partition coefficient (Wildman–Crippen LogP) is 4.70. The molecule has 2 heterocycles. The van der Waals surface area contributed by atoms with Crippen LogP contribution in [0.3, 0.4) is 0 Å². The number of carbonyl (C=O) groups is 2. The average molecular weight is 417 g/mol. The molecule has 1 spiro atoms. The number of piperidine rings is 1. The van der Waals surface area contributed by atoms with Crippen LogP contribution in [0, 0.1) is 5.92 Å². The molecule has 164 valence electrons. The van der Waals surface area contributed by atoms with Crippen molar-refractivity contribution >= 4 is 17.7 Å². The third-order valence-electron chi connectivity index (χ3n) is 5.93. The number of rotatable bonds is 3. The van der Waals surface area contributed by atoms with Crippen molar-refractivity contribution in [3.8, 4) is 11.5 Å². The molecule has 0 radical (unpaired) electrons. The lowest BCUT2D eigenvalue weighted by molar-refractivity contribution is -0.117. The minimum absolute atomic E-state index is 0.0137. The quantitative estimate of drug-likeness (QED) is 0.773. The Morgan fingerprint density at radius 1 is 1.13 bits per heavy atom. The van der Waals surface area contributed by atoms with Crippen LogP contribution >= 0.6 is 0 Å². The molecule has 0 bridgehead atoms. The highest BCUT2D eigenvalue weighted by Gasteiger charge is 2.44. The van der Waals surface area contributed by atoms with Crippen LogP contribution < -0.4 is 14.8 Å². The average Bonchev–Trinajstić information content (AvgIpc) is 3.26. The van der Waals surface area contributed by atoms with Crippen molar-refractivity contribution in [3.63, 3.8) is 0 Å². The van der Waals surface area contributed by atoms with E-state index in [0.29, 0.717) is 25.3 Å². The zero-order chi connectivity index (χ0) is 21.4. The van der Waals surface area contributed by atoms with Gasteiger partial charge in [0.1, 0.15) is 5.60 Å². The SMILES string of the molecule is CC(C)(C)OC(=O)N1CCC(CC(=O)Nc2ccc3c(c2)OC2(CCCC2)O3)CC1. The fraction of sp³-hybridized carbons (Fsp3) is 0.652. The summed E-state index contributed by atoms with van der Waals surface area (Å²) < 4.78 is 17.5. The second kappa shape index (κ2) is 8.00. The number of nitrogens with one attached hydrogen (secondary N) is 1. The van der Waals surface area contributed by atoms with Gasteiger partial charge in [-0.05, 0) is 64.5 Å². The fourth-order valence-electron chi connectivity index (χ4n) is 4.41. The van der Waals surface area contributed by atoms with Crippen LogP contribution in [0.1, 0.15) is 65.7 Å². The van der Waals surface area contributed by atoms with Gasteiger partial charge in [-0.25, -0.2) is 4.79 Å². The number of hydrogen-bond acceptors (Lipinski definition) is 5. The second-order valence-corrected chi connectivity index (χ2v) is 9.65. The summed E-state index contributed by atoms with van der Waals surface area (Å²) in [5, 5.41) is 2.98. The molecule has 0 atom stereocenters. The number of anilines is 1. The number of nitrogens with zero attached hydrogens (tertiary/aromatic N) is 1. The Kier molecular flexibility index (Phi) is 5.55. The number of carbonyl (C=O) groups excluding carboxylic acids is 2. The number of hydrogen-bond donors (Lipinski definition) is 1. The minimum atomic E-state index is -0.493. The van der Waals surface area contributed by atoms with E-state index in [9.17, 15) is 9.59 Å². The predicted molar refractivity (Wildman–Crippen MR) is 113 cm³/mol. The van der Waals surface area contributed by atoms with Crippen molar-refractivity contribution in [2.24, 2.45) is 5.92 Å².